The van der Waals surface area contributed by atoms with Gasteiger partial charge in [0.1, 0.15) is 38.6 Å². The lowest BCUT2D eigenvalue weighted by molar-refractivity contribution is -0.161. The fourth-order valence-corrected chi connectivity index (χ4v) is 2.76. The van der Waals surface area contributed by atoms with E-state index in [1.54, 1.807) is 13.8 Å². The van der Waals surface area contributed by atoms with Gasteiger partial charge in [0, 0.05) is 18.3 Å². The molecule has 0 aliphatic heterocycles. The Morgan fingerprint density at radius 2 is 1.28 bits per heavy atom. The van der Waals surface area contributed by atoms with Crippen molar-refractivity contribution in [1.29, 1.82) is 0 Å². The highest BCUT2D eigenvalue weighted by Crippen LogP contribution is 2.31. The van der Waals surface area contributed by atoms with Crippen LogP contribution in [0, 0.1) is 11.3 Å². The van der Waals surface area contributed by atoms with Gasteiger partial charge in [0.15, 0.2) is 0 Å². The van der Waals surface area contributed by atoms with E-state index in [9.17, 15) is 29.4 Å². The van der Waals surface area contributed by atoms with E-state index in [0.29, 0.717) is 4.43 Å². The summed E-state index contributed by atoms with van der Waals surface area (Å²) in [5, 5.41) is 19.3. The van der Waals surface area contributed by atoms with Crippen LogP contribution in [0.15, 0.2) is 0 Å². The van der Waals surface area contributed by atoms with Crippen molar-refractivity contribution in [3.8, 4) is 0 Å². The lowest BCUT2D eigenvalue weighted by Gasteiger charge is -2.28. The molecule has 4 unspecified atom stereocenters. The highest BCUT2D eigenvalue weighted by molar-refractivity contribution is 14.1. The number of hydrogen-bond donors (Lipinski definition) is 2. The van der Waals surface area contributed by atoms with Gasteiger partial charge in [0.25, 0.3) is 0 Å². The van der Waals surface area contributed by atoms with Crippen molar-refractivity contribution < 1.29 is 48.3 Å². The third kappa shape index (κ3) is 12.0. The third-order valence-electron chi connectivity index (χ3n) is 3.73. The molecule has 0 aliphatic rings. The second-order valence-corrected chi connectivity index (χ2v) is 7.70. The Morgan fingerprint density at radius 3 is 1.69 bits per heavy atom. The number of rotatable bonds is 13. The summed E-state index contributed by atoms with van der Waals surface area (Å²) in [5.41, 5.74) is -1.02. The molecule has 11 heteroatoms. The van der Waals surface area contributed by atoms with Crippen LogP contribution < -0.4 is 0 Å². The first-order chi connectivity index (χ1) is 13.4. The van der Waals surface area contributed by atoms with Crippen LogP contribution in [0.4, 0.5) is 0 Å². The Hall–Kier alpha value is -1.47. The maximum absolute atomic E-state index is 12.4. The van der Waals surface area contributed by atoms with Crippen LogP contribution in [-0.4, -0.2) is 77.2 Å². The minimum atomic E-state index is -1.15. The molecule has 0 rings (SSSR count). The van der Waals surface area contributed by atoms with E-state index in [4.69, 9.17) is 9.47 Å². The number of carbonyl (C=O) groups is 4. The van der Waals surface area contributed by atoms with Crippen molar-refractivity contribution in [2.24, 2.45) is 11.3 Å². The maximum Gasteiger partial charge on any atom is 0.312 e. The highest BCUT2D eigenvalue weighted by atomic mass is 127. The maximum atomic E-state index is 12.4. The summed E-state index contributed by atoms with van der Waals surface area (Å²) in [4.78, 5) is 46.0. The van der Waals surface area contributed by atoms with Gasteiger partial charge < -0.3 is 29.2 Å². The van der Waals surface area contributed by atoms with Crippen LogP contribution in [0.1, 0.15) is 34.1 Å². The molecule has 29 heavy (non-hydrogen) atoms. The van der Waals surface area contributed by atoms with Crippen LogP contribution in [0.2, 0.25) is 0 Å². The molecule has 0 bridgehead atoms. The smallest absolute Gasteiger partial charge is 0.312 e. The average molecular weight is 532 g/mol. The summed E-state index contributed by atoms with van der Waals surface area (Å²) >= 11 is 2.00. The number of aliphatic hydroxyl groups is 2. The summed E-state index contributed by atoms with van der Waals surface area (Å²) in [6.45, 7) is 4.33. The van der Waals surface area contributed by atoms with Gasteiger partial charge in [-0.2, -0.15) is 0 Å². The molecule has 0 saturated carbocycles. The molecule has 4 atom stereocenters. The SMILES string of the molecule is CC(=O)OCC(O)COC(=O)C(C)CC(C)(CI)C(=O)OCC(O)COC(C)=O. The zero-order chi connectivity index (χ0) is 22.6. The molecule has 10 nitrogen and oxygen atoms in total. The summed E-state index contributed by atoms with van der Waals surface area (Å²) in [6, 6.07) is 0. The Labute approximate surface area is 183 Å². The fourth-order valence-electron chi connectivity index (χ4n) is 2.14. The molecule has 0 radical (unpaired) electrons. The van der Waals surface area contributed by atoms with Gasteiger partial charge in [0.2, 0.25) is 0 Å². The number of alkyl halides is 1. The summed E-state index contributed by atoms with van der Waals surface area (Å²) < 4.78 is 19.7. The number of aliphatic hydroxyl groups excluding tert-OH is 2. The first-order valence-electron chi connectivity index (χ1n) is 8.94. The van der Waals surface area contributed by atoms with Gasteiger partial charge in [0.05, 0.1) is 11.3 Å². The molecular formula is C18H29IO10. The Kier molecular flexibility index (Phi) is 13.0. The monoisotopic (exact) mass is 532 g/mol. The summed E-state index contributed by atoms with van der Waals surface area (Å²) in [5.74, 6) is -3.01. The third-order valence-corrected chi connectivity index (χ3v) is 5.41. The fraction of sp³-hybridized carbons (Fsp3) is 0.778. The predicted molar refractivity (Wildman–Crippen MR) is 108 cm³/mol. The van der Waals surface area contributed by atoms with E-state index < -0.39 is 47.4 Å². The molecule has 0 aliphatic carbocycles. The van der Waals surface area contributed by atoms with Gasteiger partial charge in [-0.05, 0) is 13.3 Å². The Balaban J connectivity index is 4.55. The van der Waals surface area contributed by atoms with Gasteiger partial charge in [-0.3, -0.25) is 19.2 Å². The molecule has 168 valence electrons. The van der Waals surface area contributed by atoms with Crippen molar-refractivity contribution >= 4 is 46.5 Å². The van der Waals surface area contributed by atoms with Crippen LogP contribution in [0.25, 0.3) is 0 Å². The van der Waals surface area contributed by atoms with E-state index in [-0.39, 0.29) is 32.8 Å². The molecule has 0 amide bonds. The molecule has 0 saturated heterocycles. The number of carbonyl (C=O) groups excluding carboxylic acids is 4. The first-order valence-corrected chi connectivity index (χ1v) is 10.5. The predicted octanol–water partition coefficient (Wildman–Crippen LogP) is 0.388. The second-order valence-electron chi connectivity index (χ2n) is 6.94. The highest BCUT2D eigenvalue weighted by Gasteiger charge is 2.38. The molecule has 0 aromatic rings. The number of esters is 4. The van der Waals surface area contributed by atoms with E-state index >= 15 is 0 Å². The Bertz CT molecular complexity index is 567. The van der Waals surface area contributed by atoms with Crippen LogP contribution in [0.5, 0.6) is 0 Å². The van der Waals surface area contributed by atoms with E-state index in [1.165, 1.54) is 13.8 Å². The van der Waals surface area contributed by atoms with E-state index in [0.717, 1.165) is 0 Å². The molecule has 0 aromatic carbocycles. The van der Waals surface area contributed by atoms with Crippen molar-refractivity contribution in [3.63, 3.8) is 0 Å². The topological polar surface area (TPSA) is 146 Å². The summed E-state index contributed by atoms with van der Waals surface area (Å²) in [7, 11) is 0. The summed E-state index contributed by atoms with van der Waals surface area (Å²) in [6.07, 6.45) is -2.18. The zero-order valence-electron chi connectivity index (χ0n) is 17.0. The molecule has 2 N–H and O–H groups in total. The molecule has 0 spiro atoms. The van der Waals surface area contributed by atoms with E-state index in [2.05, 4.69) is 9.47 Å². The number of halogens is 1. The molecule has 0 aromatic heterocycles. The van der Waals surface area contributed by atoms with Crippen LogP contribution in [0.3, 0.4) is 0 Å². The number of ether oxygens (including phenoxy) is 4. The van der Waals surface area contributed by atoms with Gasteiger partial charge in [-0.1, -0.05) is 29.5 Å². The largest absolute Gasteiger partial charge is 0.463 e. The second kappa shape index (κ2) is 13.7. The lowest BCUT2D eigenvalue weighted by atomic mass is 9.83. The van der Waals surface area contributed by atoms with Gasteiger partial charge >= 0.3 is 23.9 Å². The van der Waals surface area contributed by atoms with Crippen LogP contribution in [-0.2, 0) is 38.1 Å². The molecule has 0 fully saturated rings. The first kappa shape index (κ1) is 27.5. The lowest BCUT2D eigenvalue weighted by Crippen LogP contribution is -2.37. The zero-order valence-corrected chi connectivity index (χ0v) is 19.2. The normalized spacial score (nSPS) is 16.0. The number of hydrogen-bond acceptors (Lipinski definition) is 10. The minimum Gasteiger partial charge on any atom is -0.463 e. The van der Waals surface area contributed by atoms with Crippen molar-refractivity contribution in [3.05, 3.63) is 0 Å². The minimum absolute atomic E-state index is 0.119. The quantitative estimate of drug-likeness (QED) is 0.148. The van der Waals surface area contributed by atoms with Gasteiger partial charge in [-0.15, -0.1) is 0 Å². The van der Waals surface area contributed by atoms with Gasteiger partial charge in [-0.25, -0.2) is 0 Å². The average Bonchev–Trinajstić information content (AvgIpc) is 2.66. The molecule has 0 heterocycles. The van der Waals surface area contributed by atoms with E-state index in [1.807, 2.05) is 22.6 Å². The standard InChI is InChI=1S/C18H29IO10/c1-11(16(24)28-8-14(22)6-26-12(2)20)5-18(4,10-19)17(25)29-9-15(23)7-27-13(3)21/h11,14-15,22-23H,5-10H2,1-4H3. The van der Waals surface area contributed by atoms with Crippen LogP contribution >= 0.6 is 22.6 Å². The van der Waals surface area contributed by atoms with Crippen molar-refractivity contribution in [1.82, 2.24) is 0 Å². The Morgan fingerprint density at radius 1 is 0.862 bits per heavy atom. The van der Waals surface area contributed by atoms with Crippen molar-refractivity contribution in [2.75, 3.05) is 30.9 Å². The van der Waals surface area contributed by atoms with Crippen molar-refractivity contribution in [2.45, 2.75) is 46.3 Å². The molecular weight excluding hydrogens is 503 g/mol.